The maximum Gasteiger partial charge on any atom is 0.136 e. The molecule has 0 atom stereocenters. The van der Waals surface area contributed by atoms with E-state index in [4.69, 9.17) is 36.5 Å². The monoisotopic (exact) mass is 444 g/mol. The first-order chi connectivity index (χ1) is 15.8. The summed E-state index contributed by atoms with van der Waals surface area (Å²) in [5, 5.41) is 0. The van der Waals surface area contributed by atoms with E-state index in [0.29, 0.717) is 68.9 Å². The molecule has 0 aromatic heterocycles. The quantitative estimate of drug-likeness (QED) is 0.204. The Hall–Kier alpha value is -2.18. The molecule has 5 nitrogen and oxygen atoms in total. The van der Waals surface area contributed by atoms with E-state index < -0.39 is 0 Å². The molecule has 0 heterocycles. The lowest BCUT2D eigenvalue weighted by atomic mass is 10.1. The van der Waals surface area contributed by atoms with Crippen LogP contribution in [0.25, 0.3) is 0 Å². The summed E-state index contributed by atoms with van der Waals surface area (Å²) in [7, 11) is 1.64. The molecule has 1 rings (SSSR count). The number of terminal acetylenes is 2. The highest BCUT2D eigenvalue weighted by molar-refractivity contribution is 5.57. The lowest BCUT2D eigenvalue weighted by Gasteiger charge is -2.14. The summed E-state index contributed by atoms with van der Waals surface area (Å²) in [6.07, 6.45) is 21.4. The molecule has 0 bridgehead atoms. The van der Waals surface area contributed by atoms with Crippen molar-refractivity contribution in [2.45, 2.75) is 58.3 Å². The molecule has 0 saturated carbocycles. The second kappa shape index (κ2) is 19.5. The van der Waals surface area contributed by atoms with Gasteiger partial charge in [0.15, 0.2) is 0 Å². The molecule has 0 radical (unpaired) electrons. The summed E-state index contributed by atoms with van der Waals surface area (Å²) in [6, 6.07) is 3.56. The summed E-state index contributed by atoms with van der Waals surface area (Å²) in [6.45, 7) is 5.83. The summed E-state index contributed by atoms with van der Waals surface area (Å²) < 4.78 is 27.5. The van der Waals surface area contributed by atoms with Gasteiger partial charge >= 0.3 is 0 Å². The van der Waals surface area contributed by atoms with Crippen LogP contribution in [-0.4, -0.2) is 53.4 Å². The number of hydrogen-bond acceptors (Lipinski definition) is 5. The van der Waals surface area contributed by atoms with E-state index >= 15 is 0 Å². The van der Waals surface area contributed by atoms with Crippen molar-refractivity contribution >= 4 is 0 Å². The van der Waals surface area contributed by atoms with Crippen molar-refractivity contribution < 1.29 is 23.7 Å². The third-order valence-electron chi connectivity index (χ3n) is 4.94. The Morgan fingerprint density at radius 1 is 0.625 bits per heavy atom. The van der Waals surface area contributed by atoms with Crippen LogP contribution in [-0.2, 0) is 14.2 Å². The predicted molar refractivity (Wildman–Crippen MR) is 129 cm³/mol. The van der Waals surface area contributed by atoms with Crippen LogP contribution < -0.4 is 9.47 Å². The van der Waals surface area contributed by atoms with Gasteiger partial charge in [0.25, 0.3) is 0 Å². The van der Waals surface area contributed by atoms with Gasteiger partial charge in [-0.15, -0.1) is 12.8 Å². The zero-order chi connectivity index (χ0) is 23.3. The fraction of sp³-hybridized carbons (Fsp3) is 0.630. The van der Waals surface area contributed by atoms with Gasteiger partial charge in [-0.1, -0.05) is 63.7 Å². The first-order valence-corrected chi connectivity index (χ1v) is 11.8. The molecule has 5 heteroatoms. The molecule has 0 aliphatic carbocycles. The smallest absolute Gasteiger partial charge is 0.136 e. The maximum atomic E-state index is 5.93. The van der Waals surface area contributed by atoms with Crippen LogP contribution in [0.15, 0.2) is 12.1 Å². The highest BCUT2D eigenvalue weighted by Gasteiger charge is 2.10. The van der Waals surface area contributed by atoms with E-state index in [1.54, 1.807) is 19.2 Å². The normalized spacial score (nSPS) is 10.5. The Balaban J connectivity index is 2.35. The summed E-state index contributed by atoms with van der Waals surface area (Å²) in [5.74, 6) is 6.54. The van der Waals surface area contributed by atoms with Crippen molar-refractivity contribution in [1.82, 2.24) is 0 Å². The van der Waals surface area contributed by atoms with Crippen molar-refractivity contribution in [3.05, 3.63) is 23.3 Å². The Bertz CT molecular complexity index is 627. The largest absolute Gasteiger partial charge is 0.492 e. The average Bonchev–Trinajstić information content (AvgIpc) is 2.82. The van der Waals surface area contributed by atoms with E-state index in [1.165, 1.54) is 38.5 Å². The van der Waals surface area contributed by atoms with Crippen LogP contribution in [0.1, 0.15) is 69.4 Å². The van der Waals surface area contributed by atoms with Gasteiger partial charge in [0.05, 0.1) is 50.8 Å². The molecule has 0 aliphatic rings. The summed E-state index contributed by atoms with van der Waals surface area (Å²) in [4.78, 5) is 0. The third kappa shape index (κ3) is 12.6. The van der Waals surface area contributed by atoms with Gasteiger partial charge in [0.1, 0.15) is 18.1 Å². The van der Waals surface area contributed by atoms with Gasteiger partial charge in [-0.25, -0.2) is 0 Å². The van der Waals surface area contributed by atoms with Gasteiger partial charge in [0, 0.05) is 19.2 Å². The SMILES string of the molecule is C#Cc1cc(OCCOCCOCCOC)c(C#C)cc1OCCCCCCCCCC. The van der Waals surface area contributed by atoms with E-state index in [9.17, 15) is 0 Å². The van der Waals surface area contributed by atoms with E-state index in [-0.39, 0.29) is 0 Å². The van der Waals surface area contributed by atoms with Gasteiger partial charge in [-0.2, -0.15) is 0 Å². The van der Waals surface area contributed by atoms with Crippen LogP contribution in [0.2, 0.25) is 0 Å². The standard InChI is InChI=1S/C27H40O5/c1-5-8-9-10-11-12-13-14-15-31-26-22-25(7-3)27(23-24(26)6-2)32-21-20-30-19-18-29-17-16-28-4/h2-3,22-23H,5,8-21H2,1,4H3. The van der Waals surface area contributed by atoms with Crippen molar-refractivity contribution in [2.24, 2.45) is 0 Å². The lowest BCUT2D eigenvalue weighted by Crippen LogP contribution is -2.12. The Labute approximate surface area is 195 Å². The van der Waals surface area contributed by atoms with Crippen molar-refractivity contribution in [3.8, 4) is 36.2 Å². The van der Waals surface area contributed by atoms with Gasteiger partial charge in [0.2, 0.25) is 0 Å². The molecule has 178 valence electrons. The Morgan fingerprint density at radius 2 is 1.09 bits per heavy atom. The van der Waals surface area contributed by atoms with Crippen LogP contribution in [0.4, 0.5) is 0 Å². The van der Waals surface area contributed by atoms with E-state index in [2.05, 4.69) is 18.8 Å². The zero-order valence-corrected chi connectivity index (χ0v) is 20.0. The number of rotatable bonds is 20. The van der Waals surface area contributed by atoms with Gasteiger partial charge < -0.3 is 23.7 Å². The highest BCUT2D eigenvalue weighted by atomic mass is 16.6. The van der Waals surface area contributed by atoms with Crippen molar-refractivity contribution in [2.75, 3.05) is 53.4 Å². The van der Waals surface area contributed by atoms with Crippen LogP contribution in [0.3, 0.4) is 0 Å². The number of ether oxygens (including phenoxy) is 5. The number of hydrogen-bond donors (Lipinski definition) is 0. The molecule has 0 unspecified atom stereocenters. The minimum Gasteiger partial charge on any atom is -0.492 e. The molecular weight excluding hydrogens is 404 g/mol. The molecule has 1 aromatic carbocycles. The zero-order valence-electron chi connectivity index (χ0n) is 20.0. The van der Waals surface area contributed by atoms with Gasteiger partial charge in [-0.05, 0) is 6.42 Å². The molecule has 0 spiro atoms. The number of methoxy groups -OCH3 is 1. The van der Waals surface area contributed by atoms with Crippen LogP contribution in [0, 0.1) is 24.7 Å². The van der Waals surface area contributed by atoms with E-state index in [1.807, 2.05) is 0 Å². The maximum absolute atomic E-state index is 5.93. The third-order valence-corrected chi connectivity index (χ3v) is 4.94. The fourth-order valence-electron chi connectivity index (χ4n) is 3.12. The topological polar surface area (TPSA) is 46.2 Å². The second-order valence-corrected chi connectivity index (χ2v) is 7.52. The van der Waals surface area contributed by atoms with Gasteiger partial charge in [-0.3, -0.25) is 0 Å². The molecule has 0 fully saturated rings. The number of benzene rings is 1. The number of unbranched alkanes of at least 4 members (excludes halogenated alkanes) is 7. The molecular formula is C27H40O5. The van der Waals surface area contributed by atoms with Crippen molar-refractivity contribution in [3.63, 3.8) is 0 Å². The van der Waals surface area contributed by atoms with Crippen molar-refractivity contribution in [1.29, 1.82) is 0 Å². The van der Waals surface area contributed by atoms with Crippen LogP contribution in [0.5, 0.6) is 11.5 Å². The predicted octanol–water partition coefficient (Wildman–Crippen LogP) is 5.23. The fourth-order valence-corrected chi connectivity index (χ4v) is 3.12. The first-order valence-electron chi connectivity index (χ1n) is 11.8. The molecule has 0 amide bonds. The molecule has 32 heavy (non-hydrogen) atoms. The Kier molecular flexibility index (Phi) is 17.0. The van der Waals surface area contributed by atoms with E-state index in [0.717, 1.165) is 12.8 Å². The first kappa shape index (κ1) is 27.9. The highest BCUT2D eigenvalue weighted by Crippen LogP contribution is 2.28. The molecule has 0 saturated heterocycles. The Morgan fingerprint density at radius 3 is 1.62 bits per heavy atom. The second-order valence-electron chi connectivity index (χ2n) is 7.52. The molecule has 0 N–H and O–H groups in total. The average molecular weight is 445 g/mol. The lowest BCUT2D eigenvalue weighted by molar-refractivity contribution is 0.0179. The minimum atomic E-state index is 0.370. The molecule has 1 aromatic rings. The minimum absolute atomic E-state index is 0.370. The summed E-state index contributed by atoms with van der Waals surface area (Å²) in [5.41, 5.74) is 1.27. The molecule has 0 aliphatic heterocycles. The summed E-state index contributed by atoms with van der Waals surface area (Å²) >= 11 is 0. The van der Waals surface area contributed by atoms with Crippen LogP contribution >= 0.6 is 0 Å².